The van der Waals surface area contributed by atoms with Crippen LogP contribution in [0.4, 0.5) is 0 Å². The van der Waals surface area contributed by atoms with Crippen molar-refractivity contribution in [2.45, 2.75) is 64.9 Å². The summed E-state index contributed by atoms with van der Waals surface area (Å²) in [7, 11) is -1.90. The molecule has 1 rings (SSSR count). The summed E-state index contributed by atoms with van der Waals surface area (Å²) >= 11 is 0. The van der Waals surface area contributed by atoms with Crippen molar-refractivity contribution < 1.29 is 19.1 Å². The standard InChI is InChI=1S/C14H27NO4Si/c1-9(13(17)18)15-8-11(12(15)16)10(2)19-20(6,7)14(3,4)5/h9-11H,8H2,1-7H3,(H,17,18)/t9?,10-,11+/m1/s1. The lowest BCUT2D eigenvalue weighted by atomic mass is 9.92. The number of amides is 1. The summed E-state index contributed by atoms with van der Waals surface area (Å²) in [5, 5.41) is 9.03. The number of β-lactam (4-membered cyclic amide) rings is 1. The second kappa shape index (κ2) is 5.48. The second-order valence-corrected chi connectivity index (χ2v) is 12.0. The molecule has 1 aliphatic heterocycles. The summed E-state index contributed by atoms with van der Waals surface area (Å²) in [6, 6.07) is -0.751. The average Bonchev–Trinajstić information content (AvgIpc) is 2.24. The topological polar surface area (TPSA) is 66.8 Å². The molecule has 0 aromatic rings. The van der Waals surface area contributed by atoms with Gasteiger partial charge >= 0.3 is 5.97 Å². The maximum absolute atomic E-state index is 12.1. The zero-order chi connectivity index (χ0) is 15.9. The van der Waals surface area contributed by atoms with Crippen molar-refractivity contribution in [2.75, 3.05) is 6.54 Å². The van der Waals surface area contributed by atoms with Crippen LogP contribution >= 0.6 is 0 Å². The fourth-order valence-corrected chi connectivity index (χ4v) is 3.48. The number of carbonyl (C=O) groups is 2. The maximum atomic E-state index is 12.1. The zero-order valence-electron chi connectivity index (χ0n) is 13.6. The van der Waals surface area contributed by atoms with Crippen LogP contribution in [0.15, 0.2) is 0 Å². The zero-order valence-corrected chi connectivity index (χ0v) is 14.6. The Hall–Kier alpha value is -0.883. The van der Waals surface area contributed by atoms with Gasteiger partial charge in [-0.25, -0.2) is 4.79 Å². The van der Waals surface area contributed by atoms with E-state index >= 15 is 0 Å². The molecule has 3 atom stereocenters. The molecule has 1 amide bonds. The highest BCUT2D eigenvalue weighted by Crippen LogP contribution is 2.39. The first kappa shape index (κ1) is 17.2. The van der Waals surface area contributed by atoms with Gasteiger partial charge in [-0.3, -0.25) is 4.79 Å². The number of carboxylic acids is 1. The van der Waals surface area contributed by atoms with Gasteiger partial charge in [0.25, 0.3) is 0 Å². The fraction of sp³-hybridized carbons (Fsp3) is 0.857. The van der Waals surface area contributed by atoms with E-state index in [9.17, 15) is 9.59 Å². The van der Waals surface area contributed by atoms with Gasteiger partial charge in [-0.1, -0.05) is 20.8 Å². The predicted octanol–water partition coefficient (Wildman–Crippen LogP) is 2.33. The normalized spacial score (nSPS) is 23.2. The molecule has 0 spiro atoms. The molecule has 1 N–H and O–H groups in total. The Kier molecular flexibility index (Phi) is 4.71. The first-order valence-corrected chi connectivity index (χ1v) is 10.0. The van der Waals surface area contributed by atoms with Gasteiger partial charge < -0.3 is 14.4 Å². The highest BCUT2D eigenvalue weighted by atomic mass is 28.4. The molecule has 0 aromatic carbocycles. The molecule has 20 heavy (non-hydrogen) atoms. The van der Waals surface area contributed by atoms with E-state index in [0.29, 0.717) is 6.54 Å². The Morgan fingerprint density at radius 2 is 1.90 bits per heavy atom. The third kappa shape index (κ3) is 3.23. The van der Waals surface area contributed by atoms with Gasteiger partial charge in [-0.2, -0.15) is 0 Å². The van der Waals surface area contributed by atoms with Crippen molar-refractivity contribution >= 4 is 20.2 Å². The summed E-state index contributed by atoms with van der Waals surface area (Å²) in [6.07, 6.45) is -0.152. The van der Waals surface area contributed by atoms with Gasteiger partial charge in [0.15, 0.2) is 8.32 Å². The molecule has 1 aliphatic rings. The molecule has 0 aromatic heterocycles. The fourth-order valence-electron chi connectivity index (χ4n) is 2.04. The van der Waals surface area contributed by atoms with Crippen LogP contribution in [0.25, 0.3) is 0 Å². The van der Waals surface area contributed by atoms with Crippen LogP contribution in [-0.2, 0) is 14.0 Å². The third-order valence-corrected chi connectivity index (χ3v) is 9.25. The number of nitrogens with zero attached hydrogens (tertiary/aromatic N) is 1. The van der Waals surface area contributed by atoms with E-state index in [1.165, 1.54) is 11.8 Å². The maximum Gasteiger partial charge on any atom is 0.326 e. The van der Waals surface area contributed by atoms with Gasteiger partial charge in [0.05, 0.1) is 12.0 Å². The van der Waals surface area contributed by atoms with Crippen LogP contribution in [0.1, 0.15) is 34.6 Å². The Balaban J connectivity index is 2.63. The summed E-state index contributed by atoms with van der Waals surface area (Å²) < 4.78 is 6.21. The van der Waals surface area contributed by atoms with Gasteiger partial charge in [-0.05, 0) is 32.0 Å². The lowest BCUT2D eigenvalue weighted by Gasteiger charge is -2.46. The van der Waals surface area contributed by atoms with Crippen LogP contribution in [0.3, 0.4) is 0 Å². The van der Waals surface area contributed by atoms with E-state index in [1.54, 1.807) is 0 Å². The quantitative estimate of drug-likeness (QED) is 0.625. The number of aliphatic carboxylic acids is 1. The van der Waals surface area contributed by atoms with Gasteiger partial charge in [-0.15, -0.1) is 0 Å². The number of rotatable bonds is 5. The van der Waals surface area contributed by atoms with E-state index in [2.05, 4.69) is 33.9 Å². The molecular weight excluding hydrogens is 274 g/mol. The van der Waals surface area contributed by atoms with Crippen LogP contribution in [0, 0.1) is 5.92 Å². The van der Waals surface area contributed by atoms with Crippen LogP contribution in [0.2, 0.25) is 18.1 Å². The van der Waals surface area contributed by atoms with Crippen LogP contribution in [0.5, 0.6) is 0 Å². The van der Waals surface area contributed by atoms with Gasteiger partial charge in [0, 0.05) is 6.54 Å². The molecule has 5 nitrogen and oxygen atoms in total. The van der Waals surface area contributed by atoms with E-state index in [4.69, 9.17) is 9.53 Å². The van der Waals surface area contributed by atoms with E-state index in [1.807, 2.05) is 6.92 Å². The Morgan fingerprint density at radius 1 is 1.40 bits per heavy atom. The summed E-state index contributed by atoms with van der Waals surface area (Å²) in [6.45, 7) is 14.7. The Bertz CT molecular complexity index is 402. The SMILES string of the molecule is CC(C(=O)O)N1C[C@@H]([C@@H](C)O[Si](C)(C)C(C)(C)C)C1=O. The highest BCUT2D eigenvalue weighted by Gasteiger charge is 2.47. The predicted molar refractivity (Wildman–Crippen MR) is 80.0 cm³/mol. The molecule has 1 heterocycles. The van der Waals surface area contributed by atoms with Gasteiger partial charge in [0.2, 0.25) is 5.91 Å². The molecule has 6 heteroatoms. The largest absolute Gasteiger partial charge is 0.480 e. The lowest BCUT2D eigenvalue weighted by molar-refractivity contribution is -0.165. The highest BCUT2D eigenvalue weighted by molar-refractivity contribution is 6.74. The van der Waals surface area contributed by atoms with Gasteiger partial charge in [0.1, 0.15) is 6.04 Å². The molecule has 0 bridgehead atoms. The number of likely N-dealkylation sites (tertiary alicyclic amines) is 1. The molecule has 0 radical (unpaired) electrons. The molecule has 1 saturated heterocycles. The number of carbonyl (C=O) groups excluding carboxylic acids is 1. The van der Waals surface area contributed by atoms with E-state index < -0.39 is 20.3 Å². The average molecular weight is 301 g/mol. The summed E-state index contributed by atoms with van der Waals surface area (Å²) in [5.41, 5.74) is 0. The number of hydrogen-bond acceptors (Lipinski definition) is 3. The molecule has 0 aliphatic carbocycles. The van der Waals surface area contributed by atoms with E-state index in [-0.39, 0.29) is 23.0 Å². The van der Waals surface area contributed by atoms with Crippen molar-refractivity contribution in [2.24, 2.45) is 5.92 Å². The monoisotopic (exact) mass is 301 g/mol. The van der Waals surface area contributed by atoms with Crippen molar-refractivity contribution in [3.8, 4) is 0 Å². The molecule has 1 unspecified atom stereocenters. The number of carboxylic acid groups (broad SMARTS) is 1. The molecule has 1 fully saturated rings. The van der Waals surface area contributed by atoms with Crippen LogP contribution in [-0.4, -0.2) is 48.9 Å². The van der Waals surface area contributed by atoms with Crippen molar-refractivity contribution in [3.63, 3.8) is 0 Å². The van der Waals surface area contributed by atoms with Crippen LogP contribution < -0.4 is 0 Å². The smallest absolute Gasteiger partial charge is 0.326 e. The van der Waals surface area contributed by atoms with Crippen molar-refractivity contribution in [1.82, 2.24) is 4.90 Å². The molecule has 116 valence electrons. The lowest BCUT2D eigenvalue weighted by Crippen LogP contribution is -2.62. The van der Waals surface area contributed by atoms with Crippen molar-refractivity contribution in [1.29, 1.82) is 0 Å². The minimum atomic E-state index is -1.90. The molecular formula is C14H27NO4Si. The number of hydrogen-bond donors (Lipinski definition) is 1. The second-order valence-electron chi connectivity index (χ2n) is 7.19. The minimum Gasteiger partial charge on any atom is -0.480 e. The van der Waals surface area contributed by atoms with E-state index in [0.717, 1.165) is 0 Å². The Morgan fingerprint density at radius 3 is 2.25 bits per heavy atom. The summed E-state index contributed by atoms with van der Waals surface area (Å²) in [5.74, 6) is -1.27. The first-order chi connectivity index (χ1) is 8.88. The minimum absolute atomic E-state index is 0.0993. The summed E-state index contributed by atoms with van der Waals surface area (Å²) in [4.78, 5) is 24.4. The first-order valence-electron chi connectivity index (χ1n) is 7.09. The van der Waals surface area contributed by atoms with Crippen molar-refractivity contribution in [3.05, 3.63) is 0 Å². The third-order valence-electron chi connectivity index (χ3n) is 4.67. The Labute approximate surface area is 122 Å². The molecule has 0 saturated carbocycles.